The van der Waals surface area contributed by atoms with E-state index in [4.69, 9.17) is 4.74 Å². The van der Waals surface area contributed by atoms with Crippen molar-refractivity contribution < 1.29 is 31.2 Å². The molecule has 3 saturated heterocycles. The van der Waals surface area contributed by atoms with Crippen molar-refractivity contribution in [3.8, 4) is 0 Å². The molecular formula is C24H27ClN2O3S. The topological polar surface area (TPSA) is 46.6 Å². The second-order valence-corrected chi connectivity index (χ2v) is 9.68. The van der Waals surface area contributed by atoms with Gasteiger partial charge in [0.15, 0.2) is 6.54 Å². The maximum atomic E-state index is 13.8. The molecule has 7 heteroatoms. The number of quaternary nitrogens is 1. The van der Waals surface area contributed by atoms with Gasteiger partial charge in [-0.15, -0.1) is 0 Å². The van der Waals surface area contributed by atoms with Gasteiger partial charge < -0.3 is 21.6 Å². The number of nitrogens with zero attached hydrogens (tertiary/aromatic N) is 2. The fraction of sp³-hybridized carbons (Fsp3) is 0.417. The molecule has 0 N–H and O–H groups in total. The average Bonchev–Trinajstić information content (AvgIpc) is 2.77. The van der Waals surface area contributed by atoms with Crippen LogP contribution in [0.4, 0.5) is 11.4 Å². The summed E-state index contributed by atoms with van der Waals surface area (Å²) in [5, 5.41) is 0. The minimum absolute atomic E-state index is 0. The molecule has 31 heavy (non-hydrogen) atoms. The molecule has 0 radical (unpaired) electrons. The molecule has 0 spiro atoms. The van der Waals surface area contributed by atoms with E-state index in [0.29, 0.717) is 23.6 Å². The summed E-state index contributed by atoms with van der Waals surface area (Å²) < 4.78 is 6.05. The Morgan fingerprint density at radius 3 is 2.19 bits per heavy atom. The molecular weight excluding hydrogens is 432 g/mol. The second-order valence-electron chi connectivity index (χ2n) is 8.59. The van der Waals surface area contributed by atoms with Gasteiger partial charge in [0, 0.05) is 22.6 Å². The van der Waals surface area contributed by atoms with Gasteiger partial charge in [0.1, 0.15) is 5.92 Å². The molecule has 0 saturated carbocycles. The summed E-state index contributed by atoms with van der Waals surface area (Å²) in [6, 6.07) is 16.2. The average molecular weight is 459 g/mol. The molecule has 4 aliphatic rings. The molecule has 3 fully saturated rings. The van der Waals surface area contributed by atoms with E-state index in [-0.39, 0.29) is 30.2 Å². The van der Waals surface area contributed by atoms with Crippen LogP contribution in [0.5, 0.6) is 0 Å². The van der Waals surface area contributed by atoms with Crippen LogP contribution in [-0.2, 0) is 14.3 Å². The Morgan fingerprint density at radius 1 is 1.03 bits per heavy atom. The highest BCUT2D eigenvalue weighted by atomic mass is 35.5. The normalized spacial score (nSPS) is 25.8. The molecule has 0 aromatic heterocycles. The number of esters is 1. The van der Waals surface area contributed by atoms with Crippen LogP contribution in [0, 0.1) is 11.8 Å². The molecule has 2 aromatic rings. The van der Waals surface area contributed by atoms with Crippen molar-refractivity contribution in [2.24, 2.45) is 11.8 Å². The third-order valence-electron chi connectivity index (χ3n) is 6.84. The van der Waals surface area contributed by atoms with E-state index in [2.05, 4.69) is 12.1 Å². The number of para-hydroxylation sites is 2. The van der Waals surface area contributed by atoms with Gasteiger partial charge in [-0.1, -0.05) is 36.0 Å². The fourth-order valence-corrected chi connectivity index (χ4v) is 6.41. The van der Waals surface area contributed by atoms with E-state index in [1.807, 2.05) is 48.2 Å². The summed E-state index contributed by atoms with van der Waals surface area (Å²) in [6.07, 6.45) is 2.00. The van der Waals surface area contributed by atoms with E-state index >= 15 is 0 Å². The lowest BCUT2D eigenvalue weighted by Crippen LogP contribution is -3.00. The number of ether oxygens (including phenoxy) is 1. The molecule has 5 nitrogen and oxygen atoms in total. The molecule has 2 aromatic carbocycles. The van der Waals surface area contributed by atoms with Gasteiger partial charge >= 0.3 is 5.97 Å². The van der Waals surface area contributed by atoms with E-state index < -0.39 is 0 Å². The minimum Gasteiger partial charge on any atom is -1.00 e. The summed E-state index contributed by atoms with van der Waals surface area (Å²) in [5.41, 5.74) is 1.91. The van der Waals surface area contributed by atoms with Crippen LogP contribution in [0.15, 0.2) is 58.3 Å². The van der Waals surface area contributed by atoms with Gasteiger partial charge in [0.05, 0.1) is 37.6 Å². The summed E-state index contributed by atoms with van der Waals surface area (Å²) in [7, 11) is 0. The SMILES string of the molecule is CCOC(=O)C1C[N+]2(CC(=O)N3c4ccccc4Sc4ccccc43)CCC1CC2.[Cl-]. The maximum absolute atomic E-state index is 13.8. The third kappa shape index (κ3) is 3.97. The largest absolute Gasteiger partial charge is 1.00 e. The lowest BCUT2D eigenvalue weighted by molar-refractivity contribution is -0.938. The van der Waals surface area contributed by atoms with E-state index in [1.165, 1.54) is 0 Å². The van der Waals surface area contributed by atoms with Crippen molar-refractivity contribution in [3.05, 3.63) is 48.5 Å². The number of hydrogen-bond acceptors (Lipinski definition) is 4. The summed E-state index contributed by atoms with van der Waals surface area (Å²) in [4.78, 5) is 30.4. The standard InChI is InChI=1S/C24H27N2O3S.ClH/c1-2-29-24(28)18-15-26(13-11-17(18)12-14-26)16-23(27)25-19-7-3-5-9-21(19)30-22-10-6-4-8-20(22)25;/h3-10,17-18H,2,11-16H2,1H3;1H/q+1;/p-1. The smallest absolute Gasteiger partial charge is 0.314 e. The van der Waals surface area contributed by atoms with Crippen LogP contribution >= 0.6 is 11.8 Å². The molecule has 4 heterocycles. The van der Waals surface area contributed by atoms with Crippen molar-refractivity contribution in [1.29, 1.82) is 0 Å². The zero-order valence-corrected chi connectivity index (χ0v) is 19.2. The monoisotopic (exact) mass is 458 g/mol. The number of hydrogen-bond donors (Lipinski definition) is 0. The van der Waals surface area contributed by atoms with Gasteiger partial charge in [0.25, 0.3) is 5.91 Å². The lowest BCUT2D eigenvalue weighted by Gasteiger charge is -2.51. The first-order valence-corrected chi connectivity index (χ1v) is 11.6. The number of fused-ring (bicyclic) bond motifs is 5. The Labute approximate surface area is 193 Å². The lowest BCUT2D eigenvalue weighted by atomic mass is 9.77. The second kappa shape index (κ2) is 8.85. The molecule has 164 valence electrons. The van der Waals surface area contributed by atoms with Gasteiger partial charge in [-0.3, -0.25) is 14.5 Å². The zero-order chi connectivity index (χ0) is 20.7. The minimum atomic E-state index is -0.0816. The van der Waals surface area contributed by atoms with Crippen molar-refractivity contribution in [3.63, 3.8) is 0 Å². The highest BCUT2D eigenvalue weighted by Crippen LogP contribution is 2.48. The van der Waals surface area contributed by atoms with Gasteiger partial charge in [-0.25, -0.2) is 0 Å². The van der Waals surface area contributed by atoms with E-state index in [1.54, 1.807) is 11.8 Å². The first kappa shape index (κ1) is 22.2. The highest BCUT2D eigenvalue weighted by molar-refractivity contribution is 7.99. The molecule has 1 unspecified atom stereocenters. The van der Waals surface area contributed by atoms with Crippen molar-refractivity contribution in [2.45, 2.75) is 29.6 Å². The molecule has 1 amide bonds. The van der Waals surface area contributed by atoms with Crippen LogP contribution in [-0.4, -0.2) is 49.1 Å². The number of benzene rings is 2. The Kier molecular flexibility index (Phi) is 6.33. The number of carbonyl (C=O) groups is 2. The fourth-order valence-electron chi connectivity index (χ4n) is 5.36. The Balaban J connectivity index is 0.00000231. The summed E-state index contributed by atoms with van der Waals surface area (Å²) in [6.45, 7) is 5.36. The first-order chi connectivity index (χ1) is 14.6. The Hall–Kier alpha value is -2.02. The molecule has 0 aliphatic carbocycles. The quantitative estimate of drug-likeness (QED) is 0.511. The maximum Gasteiger partial charge on any atom is 0.314 e. The van der Waals surface area contributed by atoms with Crippen molar-refractivity contribution in [1.82, 2.24) is 0 Å². The summed E-state index contributed by atoms with van der Waals surface area (Å²) in [5.74, 6) is 0.365. The number of carbonyl (C=O) groups excluding carboxylic acids is 2. The van der Waals surface area contributed by atoms with Crippen LogP contribution in [0.2, 0.25) is 0 Å². The predicted octanol–water partition coefficient (Wildman–Crippen LogP) is 1.24. The number of anilines is 2. The van der Waals surface area contributed by atoms with Crippen LogP contribution in [0.25, 0.3) is 0 Å². The Bertz CT molecular complexity index is 945. The zero-order valence-electron chi connectivity index (χ0n) is 17.6. The number of rotatable bonds is 4. The third-order valence-corrected chi connectivity index (χ3v) is 7.97. The van der Waals surface area contributed by atoms with Crippen LogP contribution < -0.4 is 17.3 Å². The number of halogens is 1. The van der Waals surface area contributed by atoms with Crippen molar-refractivity contribution >= 4 is 35.0 Å². The Morgan fingerprint density at radius 2 is 1.61 bits per heavy atom. The molecule has 4 aliphatic heterocycles. The van der Waals surface area contributed by atoms with Gasteiger partial charge in [0.2, 0.25) is 0 Å². The van der Waals surface area contributed by atoms with Gasteiger partial charge in [-0.2, -0.15) is 0 Å². The predicted molar refractivity (Wildman–Crippen MR) is 117 cm³/mol. The van der Waals surface area contributed by atoms with Crippen molar-refractivity contribution in [2.75, 3.05) is 37.7 Å². The highest BCUT2D eigenvalue weighted by Gasteiger charge is 2.50. The molecule has 2 bridgehead atoms. The number of piperidine rings is 3. The van der Waals surface area contributed by atoms with E-state index in [0.717, 1.165) is 53.6 Å². The number of amides is 1. The molecule has 6 rings (SSSR count). The summed E-state index contributed by atoms with van der Waals surface area (Å²) >= 11 is 1.71. The van der Waals surface area contributed by atoms with Gasteiger partial charge in [-0.05, 0) is 37.1 Å². The van der Waals surface area contributed by atoms with Crippen LogP contribution in [0.3, 0.4) is 0 Å². The molecule has 1 atom stereocenters. The van der Waals surface area contributed by atoms with E-state index in [9.17, 15) is 9.59 Å². The first-order valence-electron chi connectivity index (χ1n) is 10.8. The van der Waals surface area contributed by atoms with Crippen LogP contribution in [0.1, 0.15) is 19.8 Å².